The van der Waals surface area contributed by atoms with E-state index in [4.69, 9.17) is 32.9 Å². The van der Waals surface area contributed by atoms with Gasteiger partial charge in [-0.15, -0.1) is 0 Å². The van der Waals surface area contributed by atoms with Crippen LogP contribution in [0.1, 0.15) is 54.1 Å². The zero-order valence-corrected chi connectivity index (χ0v) is 23.4. The van der Waals surface area contributed by atoms with Gasteiger partial charge < -0.3 is 14.6 Å². The minimum absolute atomic E-state index is 0.153. The molecular formula is C30H26Cl2N4O3. The lowest BCUT2D eigenvalue weighted by Gasteiger charge is -2.35. The average molecular weight is 561 g/mol. The molecule has 3 aromatic carbocycles. The van der Waals surface area contributed by atoms with Crippen molar-refractivity contribution >= 4 is 46.4 Å². The SMILES string of the molecule is CCc1ccc(-c2nc3c(n2C(C)C)C2(C(=O)Nc4cc(Cl)ccc42)N(c2cccc(Cl)c2)C3=O)c(OC)c1. The molecule has 2 aliphatic rings. The summed E-state index contributed by atoms with van der Waals surface area (Å²) >= 11 is 12.7. The van der Waals surface area contributed by atoms with Crippen LogP contribution >= 0.6 is 23.2 Å². The zero-order chi connectivity index (χ0) is 27.6. The van der Waals surface area contributed by atoms with Crippen molar-refractivity contribution in [3.63, 3.8) is 0 Å². The van der Waals surface area contributed by atoms with Gasteiger partial charge in [-0.25, -0.2) is 4.98 Å². The summed E-state index contributed by atoms with van der Waals surface area (Å²) in [6, 6.07) is 18.0. The lowest BCUT2D eigenvalue weighted by Crippen LogP contribution is -2.51. The Morgan fingerprint density at radius 2 is 1.79 bits per heavy atom. The highest BCUT2D eigenvalue weighted by molar-refractivity contribution is 6.32. The predicted octanol–water partition coefficient (Wildman–Crippen LogP) is 6.86. The molecule has 4 aromatic rings. The lowest BCUT2D eigenvalue weighted by atomic mass is 9.87. The zero-order valence-electron chi connectivity index (χ0n) is 21.9. The minimum atomic E-state index is -1.52. The summed E-state index contributed by atoms with van der Waals surface area (Å²) in [5.74, 6) is 0.447. The quantitative estimate of drug-likeness (QED) is 0.289. The number of fused-ring (bicyclic) bond motifs is 4. The molecular weight excluding hydrogens is 535 g/mol. The second-order valence-corrected chi connectivity index (χ2v) is 10.8. The fourth-order valence-corrected chi connectivity index (χ4v) is 6.13. The number of hydrogen-bond acceptors (Lipinski definition) is 4. The predicted molar refractivity (Wildman–Crippen MR) is 153 cm³/mol. The summed E-state index contributed by atoms with van der Waals surface area (Å²) < 4.78 is 7.74. The van der Waals surface area contributed by atoms with E-state index in [0.29, 0.717) is 44.3 Å². The van der Waals surface area contributed by atoms with Crippen LogP contribution < -0.4 is 15.0 Å². The minimum Gasteiger partial charge on any atom is -0.496 e. The van der Waals surface area contributed by atoms with E-state index >= 15 is 0 Å². The monoisotopic (exact) mass is 560 g/mol. The number of imidazole rings is 1. The molecule has 7 nitrogen and oxygen atoms in total. The topological polar surface area (TPSA) is 76.5 Å². The molecule has 3 heterocycles. The van der Waals surface area contributed by atoms with E-state index in [2.05, 4.69) is 12.2 Å². The van der Waals surface area contributed by atoms with Crippen LogP contribution in [0.3, 0.4) is 0 Å². The molecule has 6 rings (SSSR count). The third kappa shape index (κ3) is 3.53. The number of ether oxygens (including phenoxy) is 1. The number of carbonyl (C=O) groups is 2. The van der Waals surface area contributed by atoms with Gasteiger partial charge in [0.05, 0.1) is 18.4 Å². The van der Waals surface area contributed by atoms with E-state index in [9.17, 15) is 9.59 Å². The van der Waals surface area contributed by atoms with Crippen LogP contribution in [0.25, 0.3) is 11.4 Å². The van der Waals surface area contributed by atoms with E-state index in [1.165, 1.54) is 4.90 Å². The Balaban J connectivity index is 1.71. The van der Waals surface area contributed by atoms with Crippen LogP contribution in [-0.2, 0) is 16.8 Å². The Morgan fingerprint density at radius 3 is 2.49 bits per heavy atom. The summed E-state index contributed by atoms with van der Waals surface area (Å²) in [5.41, 5.74) is 2.69. The van der Waals surface area contributed by atoms with Crippen molar-refractivity contribution in [2.75, 3.05) is 17.3 Å². The maximum Gasteiger partial charge on any atom is 0.280 e. The molecule has 1 unspecified atom stereocenters. The molecule has 39 heavy (non-hydrogen) atoms. The first-order valence-corrected chi connectivity index (χ1v) is 13.5. The number of benzene rings is 3. The second-order valence-electron chi connectivity index (χ2n) is 9.96. The van der Waals surface area contributed by atoms with Crippen LogP contribution in [0.15, 0.2) is 60.7 Å². The van der Waals surface area contributed by atoms with Crippen molar-refractivity contribution in [2.24, 2.45) is 0 Å². The lowest BCUT2D eigenvalue weighted by molar-refractivity contribution is -0.119. The van der Waals surface area contributed by atoms with Gasteiger partial charge in [0.15, 0.2) is 11.2 Å². The molecule has 0 aliphatic carbocycles. The Morgan fingerprint density at radius 1 is 1.03 bits per heavy atom. The summed E-state index contributed by atoms with van der Waals surface area (Å²) in [6.45, 7) is 6.09. The maximum atomic E-state index is 14.3. The summed E-state index contributed by atoms with van der Waals surface area (Å²) in [5, 5.41) is 3.91. The van der Waals surface area contributed by atoms with E-state index in [0.717, 1.165) is 17.5 Å². The van der Waals surface area contributed by atoms with E-state index in [1.807, 2.05) is 36.6 Å². The number of halogens is 2. The van der Waals surface area contributed by atoms with Crippen molar-refractivity contribution in [3.8, 4) is 17.1 Å². The smallest absolute Gasteiger partial charge is 0.280 e. The highest BCUT2D eigenvalue weighted by Crippen LogP contribution is 2.54. The first-order chi connectivity index (χ1) is 18.7. The van der Waals surface area contributed by atoms with E-state index in [-0.39, 0.29) is 17.6 Å². The summed E-state index contributed by atoms with van der Waals surface area (Å²) in [6.07, 6.45) is 0.849. The van der Waals surface area contributed by atoms with Gasteiger partial charge in [0.25, 0.3) is 11.8 Å². The molecule has 2 amide bonds. The molecule has 198 valence electrons. The molecule has 0 bridgehead atoms. The number of methoxy groups -OCH3 is 1. The number of aromatic nitrogens is 2. The van der Waals surface area contributed by atoms with Crippen LogP contribution in [0, 0.1) is 0 Å². The van der Waals surface area contributed by atoms with Gasteiger partial charge in [0.1, 0.15) is 11.6 Å². The molecule has 1 atom stereocenters. The normalized spacial score (nSPS) is 17.7. The van der Waals surface area contributed by atoms with Gasteiger partial charge in [0.2, 0.25) is 0 Å². The Bertz CT molecular complexity index is 1680. The molecule has 0 saturated carbocycles. The van der Waals surface area contributed by atoms with Crippen LogP contribution in [0.4, 0.5) is 11.4 Å². The van der Waals surface area contributed by atoms with Crippen LogP contribution in [-0.4, -0.2) is 28.5 Å². The van der Waals surface area contributed by atoms with Gasteiger partial charge >= 0.3 is 0 Å². The number of anilines is 2. The Hall–Kier alpha value is -3.81. The van der Waals surface area contributed by atoms with Gasteiger partial charge in [-0.1, -0.05) is 48.3 Å². The molecule has 1 aromatic heterocycles. The largest absolute Gasteiger partial charge is 0.496 e. The number of aryl methyl sites for hydroxylation is 1. The molecule has 2 aliphatic heterocycles. The van der Waals surface area contributed by atoms with Gasteiger partial charge in [-0.3, -0.25) is 14.5 Å². The number of rotatable bonds is 5. The molecule has 1 N–H and O–H groups in total. The van der Waals surface area contributed by atoms with Crippen LogP contribution in [0.2, 0.25) is 10.0 Å². The van der Waals surface area contributed by atoms with Crippen molar-refractivity contribution in [1.29, 1.82) is 0 Å². The standard InChI is InChI=1S/C30H26Cl2N4O3/c1-5-17-9-11-21(24(13-17)39-4)27-34-25-26(35(27)16(2)3)30(22-12-10-19(32)15-23(22)33-29(30)38)36(28(25)37)20-8-6-7-18(31)14-20/h6-16H,5H2,1-4H3,(H,33,38). The maximum absolute atomic E-state index is 14.3. The fraction of sp³-hybridized carbons (Fsp3) is 0.233. The average Bonchev–Trinajstić information content (AvgIpc) is 3.52. The van der Waals surface area contributed by atoms with Gasteiger partial charge in [-0.2, -0.15) is 0 Å². The highest BCUT2D eigenvalue weighted by Gasteiger charge is 2.64. The highest BCUT2D eigenvalue weighted by atomic mass is 35.5. The number of amides is 2. The number of nitrogens with zero attached hydrogens (tertiary/aromatic N) is 3. The van der Waals surface area contributed by atoms with Crippen molar-refractivity contribution in [2.45, 2.75) is 38.8 Å². The molecule has 0 saturated heterocycles. The van der Waals surface area contributed by atoms with Gasteiger partial charge in [-0.05, 0) is 68.3 Å². The second kappa shape index (κ2) is 9.14. The summed E-state index contributed by atoms with van der Waals surface area (Å²) in [4.78, 5) is 35.0. The molecule has 9 heteroatoms. The first-order valence-electron chi connectivity index (χ1n) is 12.7. The third-order valence-electron chi connectivity index (χ3n) is 7.44. The molecule has 1 spiro atoms. The van der Waals surface area contributed by atoms with E-state index in [1.54, 1.807) is 49.6 Å². The van der Waals surface area contributed by atoms with Crippen molar-refractivity contribution in [1.82, 2.24) is 9.55 Å². The van der Waals surface area contributed by atoms with Gasteiger partial charge in [0, 0.05) is 33.0 Å². The molecule has 0 radical (unpaired) electrons. The van der Waals surface area contributed by atoms with Crippen molar-refractivity contribution in [3.05, 3.63) is 93.2 Å². The molecule has 0 fully saturated rings. The summed E-state index contributed by atoms with van der Waals surface area (Å²) in [7, 11) is 1.62. The van der Waals surface area contributed by atoms with E-state index < -0.39 is 11.4 Å². The number of nitrogens with one attached hydrogen (secondary N) is 1. The first kappa shape index (κ1) is 25.5. The number of carbonyl (C=O) groups excluding carboxylic acids is 2. The van der Waals surface area contributed by atoms with Crippen LogP contribution in [0.5, 0.6) is 5.75 Å². The number of hydrogen-bond donors (Lipinski definition) is 1. The Kier molecular flexibility index (Phi) is 5.97. The fourth-order valence-electron chi connectivity index (χ4n) is 5.78. The van der Waals surface area contributed by atoms with Crippen molar-refractivity contribution < 1.29 is 14.3 Å². The third-order valence-corrected chi connectivity index (χ3v) is 7.91. The Labute approximate surface area is 236 Å².